The van der Waals surface area contributed by atoms with E-state index in [2.05, 4.69) is 15.6 Å². The van der Waals surface area contributed by atoms with Crippen LogP contribution in [0.15, 0.2) is 73.1 Å². The number of carbonyl (C=O) groups excluding carboxylic acids is 2. The summed E-state index contributed by atoms with van der Waals surface area (Å²) in [5, 5.41) is 6.53. The molecule has 0 bridgehead atoms. The fourth-order valence-electron chi connectivity index (χ4n) is 3.50. The van der Waals surface area contributed by atoms with Crippen LogP contribution in [0.3, 0.4) is 0 Å². The molecule has 2 N–H and O–H groups in total. The van der Waals surface area contributed by atoms with Gasteiger partial charge in [-0.25, -0.2) is 0 Å². The van der Waals surface area contributed by atoms with Crippen molar-refractivity contribution in [3.05, 3.63) is 89.2 Å². The summed E-state index contributed by atoms with van der Waals surface area (Å²) in [7, 11) is 0. The molecule has 1 aromatic heterocycles. The van der Waals surface area contributed by atoms with Crippen LogP contribution in [0, 0.1) is 0 Å². The van der Waals surface area contributed by atoms with Crippen molar-refractivity contribution >= 4 is 23.4 Å². The van der Waals surface area contributed by atoms with E-state index in [1.165, 1.54) is 0 Å². The number of hydrogen-bond donors (Lipinski definition) is 2. The summed E-state index contributed by atoms with van der Waals surface area (Å²) >= 11 is 5.98. The first-order valence-corrected chi connectivity index (χ1v) is 10.4. The number of aromatic nitrogens is 1. The molecule has 2 heterocycles. The van der Waals surface area contributed by atoms with Crippen LogP contribution in [-0.2, 0) is 9.53 Å². The van der Waals surface area contributed by atoms with E-state index in [4.69, 9.17) is 16.3 Å². The Bertz CT molecular complexity index is 1060. The largest absolute Gasteiger partial charge is 0.364 e. The van der Waals surface area contributed by atoms with Gasteiger partial charge in [0.25, 0.3) is 11.8 Å². The molecule has 1 fully saturated rings. The van der Waals surface area contributed by atoms with Gasteiger partial charge in [-0.1, -0.05) is 41.9 Å². The Kier molecular flexibility index (Phi) is 6.60. The van der Waals surface area contributed by atoms with Crippen molar-refractivity contribution in [2.45, 2.75) is 18.6 Å². The van der Waals surface area contributed by atoms with E-state index in [9.17, 15) is 9.59 Å². The van der Waals surface area contributed by atoms with Gasteiger partial charge in [-0.05, 0) is 53.4 Å². The second-order valence-corrected chi connectivity index (χ2v) is 7.76. The molecule has 2 atom stereocenters. The zero-order valence-electron chi connectivity index (χ0n) is 16.8. The molecule has 2 aromatic carbocycles. The molecule has 3 aromatic rings. The summed E-state index contributed by atoms with van der Waals surface area (Å²) < 4.78 is 5.88. The van der Waals surface area contributed by atoms with Crippen LogP contribution in [0.4, 0.5) is 0 Å². The smallest absolute Gasteiger partial charge is 0.254 e. The molecule has 4 rings (SSSR count). The van der Waals surface area contributed by atoms with Gasteiger partial charge in [0.15, 0.2) is 6.10 Å². The SMILES string of the molecule is O=C(NC[C@@H]1CCO[C@@H](c2cccc(-c3ccc(Cl)cc3)c2)C(=O)N1)c1ccncc1. The summed E-state index contributed by atoms with van der Waals surface area (Å²) in [6.07, 6.45) is 3.04. The number of rotatable bonds is 5. The maximum Gasteiger partial charge on any atom is 0.254 e. The number of ether oxygens (including phenoxy) is 1. The third-order valence-electron chi connectivity index (χ3n) is 5.15. The van der Waals surface area contributed by atoms with Crippen molar-refractivity contribution in [1.82, 2.24) is 15.6 Å². The van der Waals surface area contributed by atoms with Gasteiger partial charge in [0.1, 0.15) is 0 Å². The van der Waals surface area contributed by atoms with E-state index in [1.807, 2.05) is 48.5 Å². The van der Waals surface area contributed by atoms with Crippen molar-refractivity contribution in [1.29, 1.82) is 0 Å². The molecule has 0 aliphatic carbocycles. The average Bonchev–Trinajstić information content (AvgIpc) is 2.99. The van der Waals surface area contributed by atoms with Crippen molar-refractivity contribution in [2.24, 2.45) is 0 Å². The fraction of sp³-hybridized carbons (Fsp3) is 0.208. The van der Waals surface area contributed by atoms with E-state index in [0.717, 1.165) is 16.7 Å². The number of amides is 2. The van der Waals surface area contributed by atoms with Gasteiger partial charge in [-0.3, -0.25) is 14.6 Å². The Hall–Kier alpha value is -3.22. The van der Waals surface area contributed by atoms with E-state index in [1.54, 1.807) is 24.5 Å². The number of nitrogens with zero attached hydrogens (tertiary/aromatic N) is 1. The van der Waals surface area contributed by atoms with E-state index in [0.29, 0.717) is 30.2 Å². The van der Waals surface area contributed by atoms with Crippen molar-refractivity contribution in [3.63, 3.8) is 0 Å². The minimum absolute atomic E-state index is 0.200. The number of nitrogens with one attached hydrogen (secondary N) is 2. The third-order valence-corrected chi connectivity index (χ3v) is 5.41. The molecule has 6 nitrogen and oxygen atoms in total. The Balaban J connectivity index is 1.41. The molecule has 1 aliphatic rings. The fourth-order valence-corrected chi connectivity index (χ4v) is 3.62. The quantitative estimate of drug-likeness (QED) is 0.639. The van der Waals surface area contributed by atoms with Gasteiger partial charge >= 0.3 is 0 Å². The molecule has 0 saturated carbocycles. The first-order valence-electron chi connectivity index (χ1n) is 10.1. The van der Waals surface area contributed by atoms with Crippen LogP contribution < -0.4 is 10.6 Å². The zero-order valence-corrected chi connectivity index (χ0v) is 17.5. The minimum Gasteiger partial charge on any atom is -0.364 e. The second-order valence-electron chi connectivity index (χ2n) is 7.32. The summed E-state index contributed by atoms with van der Waals surface area (Å²) in [6, 6.07) is 18.4. The van der Waals surface area contributed by atoms with E-state index < -0.39 is 6.10 Å². The number of hydrogen-bond acceptors (Lipinski definition) is 4. The molecular weight excluding hydrogens is 414 g/mol. The van der Waals surface area contributed by atoms with Gasteiger partial charge in [-0.2, -0.15) is 0 Å². The van der Waals surface area contributed by atoms with Gasteiger partial charge in [0.2, 0.25) is 0 Å². The molecule has 7 heteroatoms. The third kappa shape index (κ3) is 5.29. The van der Waals surface area contributed by atoms with Gasteiger partial charge in [-0.15, -0.1) is 0 Å². The molecule has 0 unspecified atom stereocenters. The van der Waals surface area contributed by atoms with Crippen LogP contribution in [0.5, 0.6) is 0 Å². The highest BCUT2D eigenvalue weighted by Gasteiger charge is 2.28. The van der Waals surface area contributed by atoms with Crippen molar-refractivity contribution < 1.29 is 14.3 Å². The second kappa shape index (κ2) is 9.73. The molecule has 2 amide bonds. The van der Waals surface area contributed by atoms with Gasteiger partial charge < -0.3 is 15.4 Å². The Morgan fingerprint density at radius 2 is 1.87 bits per heavy atom. The number of benzene rings is 2. The normalized spacial score (nSPS) is 18.7. The number of halogens is 1. The highest BCUT2D eigenvalue weighted by Crippen LogP contribution is 2.27. The predicted molar refractivity (Wildman–Crippen MR) is 119 cm³/mol. The molecule has 1 aliphatic heterocycles. The lowest BCUT2D eigenvalue weighted by Crippen LogP contribution is -2.44. The van der Waals surface area contributed by atoms with E-state index in [-0.39, 0.29) is 17.9 Å². The lowest BCUT2D eigenvalue weighted by molar-refractivity contribution is -0.131. The van der Waals surface area contributed by atoms with Crippen LogP contribution in [0.25, 0.3) is 11.1 Å². The topological polar surface area (TPSA) is 80.3 Å². The monoisotopic (exact) mass is 435 g/mol. The maximum atomic E-state index is 12.9. The molecule has 0 radical (unpaired) electrons. The Morgan fingerprint density at radius 3 is 2.65 bits per heavy atom. The lowest BCUT2D eigenvalue weighted by atomic mass is 10.0. The lowest BCUT2D eigenvalue weighted by Gasteiger charge is -2.18. The van der Waals surface area contributed by atoms with Crippen molar-refractivity contribution in [2.75, 3.05) is 13.2 Å². The minimum atomic E-state index is -0.701. The summed E-state index contributed by atoms with van der Waals surface area (Å²) in [5.41, 5.74) is 3.31. The number of pyridine rings is 1. The van der Waals surface area contributed by atoms with Crippen LogP contribution >= 0.6 is 11.6 Å². The summed E-state index contributed by atoms with van der Waals surface area (Å²) in [5.74, 6) is -0.414. The molecule has 158 valence electrons. The molecule has 0 spiro atoms. The maximum absolute atomic E-state index is 12.9. The van der Waals surface area contributed by atoms with E-state index >= 15 is 0 Å². The van der Waals surface area contributed by atoms with Crippen LogP contribution in [0.1, 0.15) is 28.4 Å². The summed E-state index contributed by atoms with van der Waals surface area (Å²) in [6.45, 7) is 0.734. The first kappa shape index (κ1) is 21.0. The zero-order chi connectivity index (χ0) is 21.6. The summed E-state index contributed by atoms with van der Waals surface area (Å²) in [4.78, 5) is 29.0. The Labute approximate surface area is 185 Å². The van der Waals surface area contributed by atoms with Gasteiger partial charge in [0.05, 0.1) is 6.61 Å². The standard InChI is InChI=1S/C24H22ClN3O3/c25-20-6-4-16(5-7-20)18-2-1-3-19(14-18)22-24(30)28-21(10-13-31-22)15-27-23(29)17-8-11-26-12-9-17/h1-9,11-12,14,21-22H,10,13,15H2,(H,27,29)(H,28,30)/t21-,22-/m0/s1. The van der Waals surface area contributed by atoms with Crippen LogP contribution in [-0.4, -0.2) is 36.0 Å². The van der Waals surface area contributed by atoms with Crippen molar-refractivity contribution in [3.8, 4) is 11.1 Å². The Morgan fingerprint density at radius 1 is 1.10 bits per heavy atom. The van der Waals surface area contributed by atoms with Crippen LogP contribution in [0.2, 0.25) is 5.02 Å². The molecular formula is C24H22ClN3O3. The van der Waals surface area contributed by atoms with Gasteiger partial charge in [0, 0.05) is 35.6 Å². The highest BCUT2D eigenvalue weighted by molar-refractivity contribution is 6.30. The number of carbonyl (C=O) groups is 2. The average molecular weight is 436 g/mol. The predicted octanol–water partition coefficient (Wildman–Crippen LogP) is 3.78. The first-order chi connectivity index (χ1) is 15.1. The molecule has 31 heavy (non-hydrogen) atoms. The molecule has 1 saturated heterocycles. The highest BCUT2D eigenvalue weighted by atomic mass is 35.5.